The van der Waals surface area contributed by atoms with E-state index in [-0.39, 0.29) is 10.8 Å². The minimum Gasteiger partial charge on any atom is -0.377 e. The highest BCUT2D eigenvalue weighted by molar-refractivity contribution is 5.19. The van der Waals surface area contributed by atoms with Gasteiger partial charge in [0.2, 0.25) is 0 Å². The van der Waals surface area contributed by atoms with Crippen molar-refractivity contribution in [3.8, 4) is 0 Å². The summed E-state index contributed by atoms with van der Waals surface area (Å²) in [5.74, 6) is 0.946. The molecule has 2 saturated carbocycles. The van der Waals surface area contributed by atoms with Crippen LogP contribution < -0.4 is 0 Å². The maximum absolute atomic E-state index is 7.47. The van der Waals surface area contributed by atoms with Crippen LogP contribution in [0, 0.1) is 22.7 Å². The molecule has 0 spiro atoms. The first kappa shape index (κ1) is 32.3. The second-order valence-corrected chi connectivity index (χ2v) is 13.8. The second-order valence-electron chi connectivity index (χ2n) is 13.8. The lowest BCUT2D eigenvalue weighted by molar-refractivity contribution is -0.335. The van der Waals surface area contributed by atoms with Crippen LogP contribution in [-0.2, 0) is 28.4 Å². The fourth-order valence-electron chi connectivity index (χ4n) is 8.44. The summed E-state index contributed by atoms with van der Waals surface area (Å²) in [6.07, 6.45) is 12.7. The van der Waals surface area contributed by atoms with Crippen LogP contribution >= 0.6 is 0 Å². The van der Waals surface area contributed by atoms with Gasteiger partial charge >= 0.3 is 0 Å². The van der Waals surface area contributed by atoms with E-state index in [0.717, 1.165) is 0 Å². The van der Waals surface area contributed by atoms with Gasteiger partial charge in [-0.25, -0.2) is 0 Å². The summed E-state index contributed by atoms with van der Waals surface area (Å²) in [5, 5.41) is 0. The van der Waals surface area contributed by atoms with E-state index in [1.54, 1.807) is 0 Å². The summed E-state index contributed by atoms with van der Waals surface area (Å²) >= 11 is 0. The van der Waals surface area contributed by atoms with Gasteiger partial charge in [0.1, 0.15) is 11.2 Å². The number of hydrogen-bond acceptors (Lipinski definition) is 6. The van der Waals surface area contributed by atoms with Crippen molar-refractivity contribution in [1.29, 1.82) is 0 Å². The Morgan fingerprint density at radius 3 is 1.08 bits per heavy atom. The van der Waals surface area contributed by atoms with Gasteiger partial charge in [0.05, 0.1) is 66.1 Å². The maximum Gasteiger partial charge on any atom is 0.107 e. The maximum atomic E-state index is 7.47. The van der Waals surface area contributed by atoms with E-state index in [1.165, 1.54) is 64.2 Å². The zero-order valence-corrected chi connectivity index (χ0v) is 25.7. The SMILES string of the molecule is CC(C)(C)C1(C(C)(C)C)OCCOCCOCCOCCOCCOC1(C1CCCCC1)C1CCCCC1. The molecule has 224 valence electrons. The van der Waals surface area contributed by atoms with E-state index >= 15 is 0 Å². The molecule has 0 radical (unpaired) electrons. The topological polar surface area (TPSA) is 55.4 Å². The van der Waals surface area contributed by atoms with Crippen LogP contribution in [0.25, 0.3) is 0 Å². The van der Waals surface area contributed by atoms with E-state index in [9.17, 15) is 0 Å². The minimum atomic E-state index is -0.509. The molecule has 0 aromatic carbocycles. The van der Waals surface area contributed by atoms with Crippen LogP contribution in [0.15, 0.2) is 0 Å². The average molecular weight is 541 g/mol. The van der Waals surface area contributed by atoms with Crippen molar-refractivity contribution >= 4 is 0 Å². The second kappa shape index (κ2) is 15.1. The van der Waals surface area contributed by atoms with Crippen molar-refractivity contribution in [3.05, 3.63) is 0 Å². The molecule has 1 saturated heterocycles. The summed E-state index contributed by atoms with van der Waals surface area (Å²) in [7, 11) is 0. The minimum absolute atomic E-state index is 0.154. The molecular weight excluding hydrogens is 480 g/mol. The molecule has 3 rings (SSSR count). The van der Waals surface area contributed by atoms with E-state index < -0.39 is 11.2 Å². The Morgan fingerprint density at radius 1 is 0.421 bits per heavy atom. The first-order chi connectivity index (χ1) is 18.2. The summed E-state index contributed by atoms with van der Waals surface area (Å²) in [6, 6.07) is 0. The highest BCUT2D eigenvalue weighted by Gasteiger charge is 2.70. The summed E-state index contributed by atoms with van der Waals surface area (Å²) in [5.41, 5.74) is -1.21. The fraction of sp³-hybridized carbons (Fsp3) is 1.00. The molecule has 0 atom stereocenters. The number of ether oxygens (including phenoxy) is 6. The molecule has 2 aliphatic carbocycles. The van der Waals surface area contributed by atoms with E-state index in [1.807, 2.05) is 0 Å². The monoisotopic (exact) mass is 540 g/mol. The summed E-state index contributed by atoms with van der Waals surface area (Å²) < 4.78 is 38.2. The van der Waals surface area contributed by atoms with Gasteiger partial charge in [-0.2, -0.15) is 0 Å². The Labute approximate surface area is 234 Å². The molecule has 0 aromatic rings. The van der Waals surface area contributed by atoms with Crippen LogP contribution in [0.5, 0.6) is 0 Å². The van der Waals surface area contributed by atoms with Crippen LogP contribution in [0.1, 0.15) is 106 Å². The van der Waals surface area contributed by atoms with Gasteiger partial charge in [-0.05, 0) is 48.3 Å². The Morgan fingerprint density at radius 2 is 0.737 bits per heavy atom. The lowest BCUT2D eigenvalue weighted by Crippen LogP contribution is -2.75. The van der Waals surface area contributed by atoms with Gasteiger partial charge in [-0.15, -0.1) is 0 Å². The van der Waals surface area contributed by atoms with Crippen molar-refractivity contribution in [2.24, 2.45) is 22.7 Å². The van der Waals surface area contributed by atoms with Gasteiger partial charge in [0.15, 0.2) is 0 Å². The van der Waals surface area contributed by atoms with Crippen molar-refractivity contribution in [3.63, 3.8) is 0 Å². The predicted molar refractivity (Wildman–Crippen MR) is 153 cm³/mol. The Balaban J connectivity index is 2.08. The fourth-order valence-corrected chi connectivity index (χ4v) is 8.44. The first-order valence-corrected chi connectivity index (χ1v) is 15.8. The molecule has 0 amide bonds. The molecule has 0 N–H and O–H groups in total. The van der Waals surface area contributed by atoms with Crippen molar-refractivity contribution in [2.75, 3.05) is 66.1 Å². The predicted octanol–water partition coefficient (Wildman–Crippen LogP) is 6.83. The standard InChI is InChI=1S/C32H60O6/c1-29(2,3)32(30(4,5)6)31(27-13-9-7-10-14-27,28-15-11-8-12-16-28)37-25-23-35-21-19-33-17-18-34-20-22-36-24-26-38-32/h27-28H,7-26H2,1-6H3. The van der Waals surface area contributed by atoms with Crippen molar-refractivity contribution in [2.45, 2.75) is 117 Å². The third kappa shape index (κ3) is 7.53. The highest BCUT2D eigenvalue weighted by atomic mass is 16.6. The molecule has 6 nitrogen and oxygen atoms in total. The molecule has 1 heterocycles. The van der Waals surface area contributed by atoms with Gasteiger partial charge < -0.3 is 28.4 Å². The largest absolute Gasteiger partial charge is 0.377 e. The van der Waals surface area contributed by atoms with E-state index in [2.05, 4.69) is 41.5 Å². The summed E-state index contributed by atoms with van der Waals surface area (Å²) in [4.78, 5) is 0. The van der Waals surface area contributed by atoms with Crippen molar-refractivity contribution < 1.29 is 28.4 Å². The molecule has 1 aliphatic heterocycles. The number of rotatable bonds is 2. The van der Waals surface area contributed by atoms with Crippen LogP contribution in [0.4, 0.5) is 0 Å². The molecule has 0 unspecified atom stereocenters. The molecule has 3 aliphatic rings. The van der Waals surface area contributed by atoms with Crippen LogP contribution in [0.2, 0.25) is 0 Å². The molecule has 0 aromatic heterocycles. The van der Waals surface area contributed by atoms with Gasteiger partial charge in [-0.3, -0.25) is 0 Å². The highest BCUT2D eigenvalue weighted by Crippen LogP contribution is 2.63. The first-order valence-electron chi connectivity index (χ1n) is 15.8. The number of hydrogen-bond donors (Lipinski definition) is 0. The molecule has 0 bridgehead atoms. The zero-order valence-electron chi connectivity index (χ0n) is 25.7. The molecular formula is C32H60O6. The van der Waals surface area contributed by atoms with E-state index in [4.69, 9.17) is 28.4 Å². The molecule has 38 heavy (non-hydrogen) atoms. The zero-order chi connectivity index (χ0) is 27.5. The third-order valence-corrected chi connectivity index (χ3v) is 9.32. The quantitative estimate of drug-likeness (QED) is 0.383. The van der Waals surface area contributed by atoms with Crippen molar-refractivity contribution in [1.82, 2.24) is 0 Å². The Kier molecular flexibility index (Phi) is 12.8. The van der Waals surface area contributed by atoms with Gasteiger partial charge in [0, 0.05) is 0 Å². The van der Waals surface area contributed by atoms with Crippen LogP contribution in [-0.4, -0.2) is 77.3 Å². The average Bonchev–Trinajstić information content (AvgIpc) is 2.88. The van der Waals surface area contributed by atoms with E-state index in [0.29, 0.717) is 77.9 Å². The lowest BCUT2D eigenvalue weighted by atomic mass is 9.46. The van der Waals surface area contributed by atoms with Crippen LogP contribution in [0.3, 0.4) is 0 Å². The molecule has 3 fully saturated rings. The smallest absolute Gasteiger partial charge is 0.107 e. The molecule has 6 heteroatoms. The van der Waals surface area contributed by atoms with Gasteiger partial charge in [-0.1, -0.05) is 80.1 Å². The summed E-state index contributed by atoms with van der Waals surface area (Å²) in [6.45, 7) is 20.0. The Bertz CT molecular complexity index is 607. The Hall–Kier alpha value is -0.240. The third-order valence-electron chi connectivity index (χ3n) is 9.32. The normalized spacial score (nSPS) is 27.3. The van der Waals surface area contributed by atoms with Gasteiger partial charge in [0.25, 0.3) is 0 Å². The lowest BCUT2D eigenvalue weighted by Gasteiger charge is -2.67.